The van der Waals surface area contributed by atoms with E-state index < -0.39 is 0 Å². The molecule has 0 radical (unpaired) electrons. The Morgan fingerprint density at radius 2 is 2.10 bits per heavy atom. The van der Waals surface area contributed by atoms with E-state index in [4.69, 9.17) is 11.6 Å². The highest BCUT2D eigenvalue weighted by Crippen LogP contribution is 2.25. The molecule has 0 aliphatic heterocycles. The first-order chi connectivity index (χ1) is 4.88. The Kier molecular flexibility index (Phi) is 1.36. The van der Waals surface area contributed by atoms with Gasteiger partial charge in [-0.25, -0.2) is 0 Å². The van der Waals surface area contributed by atoms with E-state index >= 15 is 0 Å². The molecule has 50 valence electrons. The first-order valence-corrected chi connectivity index (χ1v) is 4.03. The van der Waals surface area contributed by atoms with Crippen LogP contribution in [-0.2, 0) is 0 Å². The second-order valence-corrected chi connectivity index (χ2v) is 3.13. The third-order valence-corrected chi connectivity index (χ3v) is 2.55. The van der Waals surface area contributed by atoms with Gasteiger partial charge in [0.05, 0.1) is 4.70 Å². The molecular weight excluding hydrogens is 166 g/mol. The lowest BCUT2D eigenvalue weighted by atomic mass is 10.3. The van der Waals surface area contributed by atoms with Crippen molar-refractivity contribution in [3.05, 3.63) is 29.4 Å². The van der Waals surface area contributed by atoms with Crippen molar-refractivity contribution >= 4 is 33.2 Å². The lowest BCUT2D eigenvalue weighted by Crippen LogP contribution is -1.60. The van der Waals surface area contributed by atoms with Crippen LogP contribution in [0.4, 0.5) is 0 Å². The van der Waals surface area contributed by atoms with Crippen molar-refractivity contribution in [3.8, 4) is 0 Å². The molecule has 10 heavy (non-hydrogen) atoms. The van der Waals surface area contributed by atoms with Gasteiger partial charge in [-0.15, -0.1) is 0 Å². The zero-order valence-electron chi connectivity index (χ0n) is 5.04. The summed E-state index contributed by atoms with van der Waals surface area (Å²) in [4.78, 5) is 0. The third kappa shape index (κ3) is 0.805. The van der Waals surface area contributed by atoms with Crippen LogP contribution >= 0.6 is 23.1 Å². The zero-order chi connectivity index (χ0) is 6.97. The number of aromatic nitrogens is 1. The molecule has 0 N–H and O–H groups in total. The molecule has 3 heteroatoms. The van der Waals surface area contributed by atoms with E-state index in [-0.39, 0.29) is 0 Å². The van der Waals surface area contributed by atoms with E-state index in [1.54, 1.807) is 0 Å². The van der Waals surface area contributed by atoms with Crippen molar-refractivity contribution < 1.29 is 0 Å². The first kappa shape index (κ1) is 6.13. The largest absolute Gasteiger partial charge is 0.180 e. The summed E-state index contributed by atoms with van der Waals surface area (Å²) in [7, 11) is 0. The molecule has 0 aliphatic rings. The SMILES string of the molecule is Clc1nsc2ccccc12. The van der Waals surface area contributed by atoms with Crippen molar-refractivity contribution in [1.29, 1.82) is 0 Å². The van der Waals surface area contributed by atoms with Gasteiger partial charge in [0.25, 0.3) is 0 Å². The Morgan fingerprint density at radius 3 is 2.90 bits per heavy atom. The van der Waals surface area contributed by atoms with Crippen LogP contribution in [0.5, 0.6) is 0 Å². The predicted octanol–water partition coefficient (Wildman–Crippen LogP) is 2.95. The van der Waals surface area contributed by atoms with Crippen molar-refractivity contribution in [2.75, 3.05) is 0 Å². The molecular formula is C7H4ClNS. The van der Waals surface area contributed by atoms with Gasteiger partial charge in [0.2, 0.25) is 0 Å². The van der Waals surface area contributed by atoms with Crippen LogP contribution in [0.1, 0.15) is 0 Å². The lowest BCUT2D eigenvalue weighted by Gasteiger charge is -1.83. The topological polar surface area (TPSA) is 12.9 Å². The standard InChI is InChI=1S/C7H4ClNS/c8-7-5-3-1-2-4-6(5)10-9-7/h1-4H. The monoisotopic (exact) mass is 169 g/mol. The van der Waals surface area contributed by atoms with Crippen molar-refractivity contribution in [2.45, 2.75) is 0 Å². The molecule has 0 aliphatic carbocycles. The van der Waals surface area contributed by atoms with E-state index in [0.717, 1.165) is 10.1 Å². The fourth-order valence-electron chi connectivity index (χ4n) is 0.855. The fourth-order valence-corrected chi connectivity index (χ4v) is 1.86. The van der Waals surface area contributed by atoms with Gasteiger partial charge >= 0.3 is 0 Å². The van der Waals surface area contributed by atoms with Gasteiger partial charge in [-0.05, 0) is 17.6 Å². The maximum absolute atomic E-state index is 5.77. The molecule has 0 saturated carbocycles. The number of nitrogens with zero attached hydrogens (tertiary/aromatic N) is 1. The number of halogens is 1. The van der Waals surface area contributed by atoms with Crippen LogP contribution in [0.3, 0.4) is 0 Å². The molecule has 0 bridgehead atoms. The number of rotatable bonds is 0. The summed E-state index contributed by atoms with van der Waals surface area (Å²) in [6.07, 6.45) is 0. The number of benzene rings is 1. The molecule has 0 spiro atoms. The molecule has 1 nitrogen and oxygen atoms in total. The first-order valence-electron chi connectivity index (χ1n) is 2.88. The van der Waals surface area contributed by atoms with Gasteiger partial charge < -0.3 is 0 Å². The van der Waals surface area contributed by atoms with E-state index in [9.17, 15) is 0 Å². The second-order valence-electron chi connectivity index (χ2n) is 1.97. The molecule has 0 saturated heterocycles. The van der Waals surface area contributed by atoms with Gasteiger partial charge in [-0.2, -0.15) is 4.37 Å². The Bertz CT molecular complexity index is 355. The molecule has 1 aromatic carbocycles. The minimum Gasteiger partial charge on any atom is -0.180 e. The molecule has 0 fully saturated rings. The predicted molar refractivity (Wildman–Crippen MR) is 44.6 cm³/mol. The summed E-state index contributed by atoms with van der Waals surface area (Å²) in [5.74, 6) is 0. The Morgan fingerprint density at radius 1 is 1.30 bits per heavy atom. The molecule has 1 aromatic heterocycles. The average molecular weight is 170 g/mol. The third-order valence-electron chi connectivity index (χ3n) is 1.33. The van der Waals surface area contributed by atoms with E-state index in [2.05, 4.69) is 4.37 Å². The summed E-state index contributed by atoms with van der Waals surface area (Å²) >= 11 is 7.20. The molecule has 0 unspecified atom stereocenters. The van der Waals surface area contributed by atoms with Gasteiger partial charge in [-0.3, -0.25) is 0 Å². The van der Waals surface area contributed by atoms with E-state index in [0.29, 0.717) is 5.15 Å². The highest BCUT2D eigenvalue weighted by atomic mass is 35.5. The Hall–Kier alpha value is -0.600. The van der Waals surface area contributed by atoms with E-state index in [1.165, 1.54) is 11.5 Å². The summed E-state index contributed by atoms with van der Waals surface area (Å²) in [5, 5.41) is 1.66. The van der Waals surface area contributed by atoms with Crippen LogP contribution in [0, 0.1) is 0 Å². The van der Waals surface area contributed by atoms with Crippen LogP contribution in [0.15, 0.2) is 24.3 Å². The quantitative estimate of drug-likeness (QED) is 0.591. The second kappa shape index (κ2) is 2.22. The van der Waals surface area contributed by atoms with Crippen LogP contribution in [0.25, 0.3) is 10.1 Å². The molecule has 0 atom stereocenters. The summed E-state index contributed by atoms with van der Waals surface area (Å²) in [5.41, 5.74) is 0. The van der Waals surface area contributed by atoms with Crippen molar-refractivity contribution in [3.63, 3.8) is 0 Å². The molecule has 0 amide bonds. The van der Waals surface area contributed by atoms with Crippen molar-refractivity contribution in [2.24, 2.45) is 0 Å². The highest BCUT2D eigenvalue weighted by Gasteiger charge is 1.99. The maximum Gasteiger partial charge on any atom is 0.150 e. The van der Waals surface area contributed by atoms with E-state index in [1.807, 2.05) is 24.3 Å². The minimum atomic E-state index is 0.612. The summed E-state index contributed by atoms with van der Waals surface area (Å²) in [6, 6.07) is 7.93. The summed E-state index contributed by atoms with van der Waals surface area (Å²) in [6.45, 7) is 0. The smallest absolute Gasteiger partial charge is 0.150 e. The normalized spacial score (nSPS) is 10.5. The fraction of sp³-hybridized carbons (Fsp3) is 0. The molecule has 1 heterocycles. The minimum absolute atomic E-state index is 0.612. The Balaban J connectivity index is 2.93. The lowest BCUT2D eigenvalue weighted by molar-refractivity contribution is 1.60. The van der Waals surface area contributed by atoms with Crippen molar-refractivity contribution in [1.82, 2.24) is 4.37 Å². The van der Waals surface area contributed by atoms with Gasteiger partial charge in [0.1, 0.15) is 0 Å². The van der Waals surface area contributed by atoms with Gasteiger partial charge in [0, 0.05) is 5.39 Å². The van der Waals surface area contributed by atoms with Gasteiger partial charge in [0.15, 0.2) is 5.15 Å². The summed E-state index contributed by atoms with van der Waals surface area (Å²) < 4.78 is 5.15. The maximum atomic E-state index is 5.77. The number of hydrogen-bond donors (Lipinski definition) is 0. The number of fused-ring (bicyclic) bond motifs is 1. The highest BCUT2D eigenvalue weighted by molar-refractivity contribution is 7.13. The zero-order valence-corrected chi connectivity index (χ0v) is 6.62. The molecule has 2 aromatic rings. The molecule has 2 rings (SSSR count). The number of hydrogen-bond acceptors (Lipinski definition) is 2. The van der Waals surface area contributed by atoms with Crippen LogP contribution < -0.4 is 0 Å². The van der Waals surface area contributed by atoms with Gasteiger partial charge in [-0.1, -0.05) is 29.8 Å². The Labute approximate surface area is 67.4 Å². The average Bonchev–Trinajstić information content (AvgIpc) is 2.34. The van der Waals surface area contributed by atoms with Crippen LogP contribution in [-0.4, -0.2) is 4.37 Å². The van der Waals surface area contributed by atoms with Crippen LogP contribution in [0.2, 0.25) is 5.15 Å².